The van der Waals surface area contributed by atoms with Gasteiger partial charge in [0, 0.05) is 12.8 Å². The summed E-state index contributed by atoms with van der Waals surface area (Å²) in [6.45, 7) is 3.70. The molecule has 0 aliphatic heterocycles. The van der Waals surface area contributed by atoms with Gasteiger partial charge in [0.2, 0.25) is 0 Å². The van der Waals surface area contributed by atoms with Crippen molar-refractivity contribution in [1.29, 1.82) is 0 Å². The van der Waals surface area contributed by atoms with E-state index in [2.05, 4.69) is 30.5 Å². The Kier molecular flexibility index (Phi) is 38.6. The van der Waals surface area contributed by atoms with Crippen LogP contribution in [0.5, 0.6) is 0 Å². The first kappa shape index (κ1) is 50.8. The molecule has 0 unspecified atom stereocenters. The van der Waals surface area contributed by atoms with Crippen molar-refractivity contribution in [2.75, 3.05) is 13.2 Å². The molecule has 0 aromatic carbocycles. The molecule has 0 aromatic rings. The molecular formula is C43H83O8P. The molecular weight excluding hydrogens is 675 g/mol. The Morgan fingerprint density at radius 1 is 0.481 bits per heavy atom. The van der Waals surface area contributed by atoms with Gasteiger partial charge in [0.1, 0.15) is 6.61 Å². The highest BCUT2D eigenvalue weighted by molar-refractivity contribution is 7.46. The zero-order valence-corrected chi connectivity index (χ0v) is 34.9. The van der Waals surface area contributed by atoms with Crippen molar-refractivity contribution >= 4 is 19.8 Å². The molecule has 1 atom stereocenters. The fraction of sp³-hybridized carbons (Fsp3) is 0.907. The van der Waals surface area contributed by atoms with Crippen LogP contribution in [0, 0.1) is 0 Å². The van der Waals surface area contributed by atoms with E-state index in [0.29, 0.717) is 6.42 Å². The molecule has 0 bridgehead atoms. The van der Waals surface area contributed by atoms with E-state index in [1.165, 1.54) is 161 Å². The number of ether oxygens (including phenoxy) is 2. The molecule has 0 fully saturated rings. The Bertz CT molecular complexity index is 858. The molecule has 0 saturated heterocycles. The summed E-state index contributed by atoms with van der Waals surface area (Å²) in [6.07, 6.45) is 43.6. The number of phosphoric acid groups is 1. The van der Waals surface area contributed by atoms with Crippen LogP contribution < -0.4 is 0 Å². The lowest BCUT2D eigenvalue weighted by molar-refractivity contribution is -0.161. The van der Waals surface area contributed by atoms with Crippen LogP contribution in [-0.4, -0.2) is 41.0 Å². The predicted molar refractivity (Wildman–Crippen MR) is 216 cm³/mol. The van der Waals surface area contributed by atoms with E-state index in [1.807, 2.05) is 0 Å². The van der Waals surface area contributed by atoms with Gasteiger partial charge in [-0.2, -0.15) is 0 Å². The van der Waals surface area contributed by atoms with Crippen LogP contribution in [0.15, 0.2) is 12.2 Å². The average Bonchev–Trinajstić information content (AvgIpc) is 3.11. The minimum absolute atomic E-state index is 0.216. The van der Waals surface area contributed by atoms with E-state index in [-0.39, 0.29) is 19.4 Å². The molecule has 0 saturated carbocycles. The Hall–Kier alpha value is -1.21. The highest BCUT2D eigenvalue weighted by Crippen LogP contribution is 2.36. The van der Waals surface area contributed by atoms with Crippen LogP contribution in [0.2, 0.25) is 0 Å². The van der Waals surface area contributed by atoms with Crippen LogP contribution in [0.4, 0.5) is 0 Å². The van der Waals surface area contributed by atoms with Crippen molar-refractivity contribution in [3.63, 3.8) is 0 Å². The second-order valence-corrected chi connectivity index (χ2v) is 16.3. The Morgan fingerprint density at radius 2 is 0.808 bits per heavy atom. The average molecular weight is 759 g/mol. The number of unbranched alkanes of at least 4 members (excludes halogenated alkanes) is 29. The maximum Gasteiger partial charge on any atom is 0.469 e. The third-order valence-electron chi connectivity index (χ3n) is 9.78. The van der Waals surface area contributed by atoms with E-state index in [0.717, 1.165) is 38.5 Å². The number of carbonyl (C=O) groups excluding carboxylic acids is 2. The van der Waals surface area contributed by atoms with E-state index in [1.54, 1.807) is 0 Å². The molecule has 9 heteroatoms. The molecule has 52 heavy (non-hydrogen) atoms. The molecule has 308 valence electrons. The largest absolute Gasteiger partial charge is 0.469 e. The summed E-state index contributed by atoms with van der Waals surface area (Å²) < 4.78 is 26.4. The fourth-order valence-corrected chi connectivity index (χ4v) is 6.85. The monoisotopic (exact) mass is 759 g/mol. The lowest BCUT2D eigenvalue weighted by Gasteiger charge is -2.18. The number of allylic oxidation sites excluding steroid dienone is 2. The number of phosphoric ester groups is 1. The zero-order chi connectivity index (χ0) is 38.2. The van der Waals surface area contributed by atoms with Gasteiger partial charge in [-0.05, 0) is 38.5 Å². The van der Waals surface area contributed by atoms with Gasteiger partial charge in [-0.15, -0.1) is 0 Å². The highest BCUT2D eigenvalue weighted by Gasteiger charge is 2.22. The first-order chi connectivity index (χ1) is 25.3. The molecule has 0 amide bonds. The Labute approximate surface area is 320 Å². The highest BCUT2D eigenvalue weighted by atomic mass is 31.2. The summed E-state index contributed by atoms with van der Waals surface area (Å²) >= 11 is 0. The quantitative estimate of drug-likeness (QED) is 0.0274. The molecule has 2 N–H and O–H groups in total. The summed E-state index contributed by atoms with van der Waals surface area (Å²) in [6, 6.07) is 0. The van der Waals surface area contributed by atoms with E-state index >= 15 is 0 Å². The normalized spacial score (nSPS) is 12.5. The van der Waals surface area contributed by atoms with Crippen molar-refractivity contribution < 1.29 is 37.9 Å². The molecule has 0 rings (SSSR count). The van der Waals surface area contributed by atoms with Gasteiger partial charge < -0.3 is 19.3 Å². The Balaban J connectivity index is 3.83. The van der Waals surface area contributed by atoms with Crippen molar-refractivity contribution in [2.24, 2.45) is 0 Å². The number of carbonyl (C=O) groups is 2. The maximum absolute atomic E-state index is 12.4. The molecule has 0 aromatic heterocycles. The second-order valence-electron chi connectivity index (χ2n) is 15.0. The number of hydrogen-bond donors (Lipinski definition) is 2. The first-order valence-electron chi connectivity index (χ1n) is 22.0. The molecule has 0 aliphatic rings. The predicted octanol–water partition coefficient (Wildman–Crippen LogP) is 13.4. The van der Waals surface area contributed by atoms with Gasteiger partial charge in [0.25, 0.3) is 0 Å². The van der Waals surface area contributed by atoms with Crippen LogP contribution in [0.3, 0.4) is 0 Å². The van der Waals surface area contributed by atoms with Gasteiger partial charge in [-0.1, -0.05) is 193 Å². The number of rotatable bonds is 41. The summed E-state index contributed by atoms with van der Waals surface area (Å²) in [4.78, 5) is 42.9. The molecule has 8 nitrogen and oxygen atoms in total. The van der Waals surface area contributed by atoms with Crippen LogP contribution in [0.25, 0.3) is 0 Å². The lowest BCUT2D eigenvalue weighted by atomic mass is 10.0. The summed E-state index contributed by atoms with van der Waals surface area (Å²) in [5.74, 6) is -0.873. The molecule has 0 aliphatic carbocycles. The first-order valence-corrected chi connectivity index (χ1v) is 23.5. The van der Waals surface area contributed by atoms with Gasteiger partial charge in [-0.25, -0.2) is 4.57 Å². The van der Waals surface area contributed by atoms with Crippen LogP contribution in [-0.2, 0) is 28.2 Å². The van der Waals surface area contributed by atoms with Crippen molar-refractivity contribution in [1.82, 2.24) is 0 Å². The second kappa shape index (κ2) is 39.5. The third-order valence-corrected chi connectivity index (χ3v) is 10.3. The lowest BCUT2D eigenvalue weighted by Crippen LogP contribution is -2.29. The van der Waals surface area contributed by atoms with E-state index in [4.69, 9.17) is 19.3 Å². The van der Waals surface area contributed by atoms with E-state index in [9.17, 15) is 14.2 Å². The summed E-state index contributed by atoms with van der Waals surface area (Å²) in [5, 5.41) is 0. The number of esters is 2. The fourth-order valence-electron chi connectivity index (χ4n) is 6.49. The maximum atomic E-state index is 12.4. The topological polar surface area (TPSA) is 119 Å². The number of hydrogen-bond acceptors (Lipinski definition) is 6. The summed E-state index contributed by atoms with van der Waals surface area (Å²) in [7, 11) is -4.75. The van der Waals surface area contributed by atoms with Crippen molar-refractivity contribution in [3.8, 4) is 0 Å². The third kappa shape index (κ3) is 41.5. The summed E-state index contributed by atoms with van der Waals surface area (Å²) in [5.41, 5.74) is 0. The van der Waals surface area contributed by atoms with Crippen molar-refractivity contribution in [2.45, 2.75) is 238 Å². The smallest absolute Gasteiger partial charge is 0.462 e. The Morgan fingerprint density at radius 3 is 1.17 bits per heavy atom. The van der Waals surface area contributed by atoms with E-state index < -0.39 is 32.5 Å². The SMILES string of the molecule is CCCCCCCC/C=C\CCCCCCCCCCCCCC(=O)O[C@H](COC(=O)CCCCCCCCCCCCCCC)COP(=O)(O)O. The van der Waals surface area contributed by atoms with Gasteiger partial charge in [0.05, 0.1) is 6.61 Å². The van der Waals surface area contributed by atoms with Gasteiger partial charge in [-0.3, -0.25) is 14.1 Å². The minimum atomic E-state index is -4.75. The van der Waals surface area contributed by atoms with Crippen molar-refractivity contribution in [3.05, 3.63) is 12.2 Å². The van der Waals surface area contributed by atoms with Gasteiger partial charge in [0.15, 0.2) is 6.10 Å². The molecule has 0 heterocycles. The molecule has 0 radical (unpaired) electrons. The van der Waals surface area contributed by atoms with Gasteiger partial charge >= 0.3 is 19.8 Å². The zero-order valence-electron chi connectivity index (χ0n) is 34.0. The minimum Gasteiger partial charge on any atom is -0.462 e. The van der Waals surface area contributed by atoms with Crippen LogP contribution in [0.1, 0.15) is 232 Å². The standard InChI is InChI=1S/C43H83O8P/c1-3-5-7-9-11-13-15-17-18-19-20-21-22-23-24-26-28-30-32-34-36-38-43(45)51-41(40-50-52(46,47)48)39-49-42(44)37-35-33-31-29-27-25-16-14-12-10-8-6-4-2/h17-18,41H,3-16,19-40H2,1-2H3,(H2,46,47,48)/b18-17-/t41-/m1/s1. The van der Waals surface area contributed by atoms with Crippen LogP contribution >= 0.6 is 7.82 Å². The molecule has 0 spiro atoms.